The predicted octanol–water partition coefficient (Wildman–Crippen LogP) is 3.78. The van der Waals surface area contributed by atoms with Crippen LogP contribution in [0.1, 0.15) is 22.6 Å². The number of aromatic hydroxyl groups is 4. The lowest BCUT2D eigenvalue weighted by molar-refractivity contribution is 0.00469. The van der Waals surface area contributed by atoms with E-state index in [1.165, 1.54) is 7.85 Å². The summed E-state index contributed by atoms with van der Waals surface area (Å²) in [6, 6.07) is 14.7. The summed E-state index contributed by atoms with van der Waals surface area (Å²) in [6.07, 6.45) is 7.04. The minimum absolute atomic E-state index is 0.0719. The van der Waals surface area contributed by atoms with Gasteiger partial charge in [-0.05, 0) is 46.0 Å². The number of hydrogen-bond acceptors (Lipinski definition) is 10. The first kappa shape index (κ1) is 30.2. The minimum atomic E-state index is -1.88. The van der Waals surface area contributed by atoms with E-state index in [9.17, 15) is 46.0 Å². The first-order valence-electron chi connectivity index (χ1n) is 15.5. The molecule has 9 N–H and O–H groups in total. The number of phenolic OH excluding ortho intramolecular Hbond substituents is 4. The molecule has 0 spiro atoms. The molecule has 3 aromatic carbocycles. The molecule has 0 radical (unpaired) electrons. The van der Waals surface area contributed by atoms with Crippen LogP contribution < -0.4 is 5.46 Å². The first-order chi connectivity index (χ1) is 23.5. The molecule has 4 unspecified atom stereocenters. The van der Waals surface area contributed by atoms with Gasteiger partial charge in [-0.1, -0.05) is 54.6 Å². The van der Waals surface area contributed by atoms with E-state index >= 15 is 0 Å². The summed E-state index contributed by atoms with van der Waals surface area (Å²) in [5.74, 6) is -5.71. The van der Waals surface area contributed by atoms with E-state index in [2.05, 4.69) is 4.98 Å². The summed E-state index contributed by atoms with van der Waals surface area (Å²) in [5, 5.41) is 98.1. The van der Waals surface area contributed by atoms with Crippen molar-refractivity contribution in [1.82, 2.24) is 9.55 Å². The Labute approximate surface area is 278 Å². The number of nitrogens with zero attached hydrogens (tertiary/aromatic N) is 2. The van der Waals surface area contributed by atoms with E-state index in [1.807, 2.05) is 60.7 Å². The SMILES string of the molecule is Bc1c(O)c(O)c(-n2c3ccncc3c3cc(C4=C5C=CC=CC5C(C5=C(O)C(O)C(O)C(O)=C5O)c5ccccc54)ccc32)c(O)c1O. The van der Waals surface area contributed by atoms with Crippen molar-refractivity contribution in [3.8, 4) is 28.7 Å². The Morgan fingerprint density at radius 3 is 2.18 bits per heavy atom. The Morgan fingerprint density at radius 2 is 1.43 bits per heavy atom. The Morgan fingerprint density at radius 1 is 0.735 bits per heavy atom. The van der Waals surface area contributed by atoms with E-state index in [0.717, 1.165) is 22.3 Å². The topological polar surface area (TPSA) is 200 Å². The highest BCUT2D eigenvalue weighted by Gasteiger charge is 2.45. The molecule has 2 heterocycles. The molecule has 49 heavy (non-hydrogen) atoms. The van der Waals surface area contributed by atoms with Crippen molar-refractivity contribution < 1.29 is 46.0 Å². The molecule has 0 fully saturated rings. The van der Waals surface area contributed by atoms with Crippen LogP contribution in [-0.4, -0.2) is 75.6 Å². The van der Waals surface area contributed by atoms with Crippen molar-refractivity contribution in [3.05, 3.63) is 130 Å². The number of allylic oxidation sites excluding steroid dienone is 6. The average Bonchev–Trinajstić information content (AvgIpc) is 3.44. The van der Waals surface area contributed by atoms with Gasteiger partial charge in [0.1, 0.15) is 31.5 Å². The van der Waals surface area contributed by atoms with Crippen molar-refractivity contribution in [2.45, 2.75) is 18.1 Å². The third-order valence-electron chi connectivity index (χ3n) is 9.91. The van der Waals surface area contributed by atoms with E-state index in [1.54, 1.807) is 29.1 Å². The van der Waals surface area contributed by atoms with Crippen LogP contribution in [-0.2, 0) is 0 Å². The van der Waals surface area contributed by atoms with Crippen LogP contribution in [0.4, 0.5) is 0 Å². The molecular weight excluding hydrogens is 627 g/mol. The third kappa shape index (κ3) is 4.08. The predicted molar refractivity (Wildman–Crippen MR) is 184 cm³/mol. The minimum Gasteiger partial charge on any atom is -0.509 e. The molecule has 4 atom stereocenters. The van der Waals surface area contributed by atoms with Crippen molar-refractivity contribution in [1.29, 1.82) is 0 Å². The largest absolute Gasteiger partial charge is 0.509 e. The van der Waals surface area contributed by atoms with Crippen LogP contribution in [0.25, 0.3) is 33.1 Å². The fourth-order valence-corrected chi connectivity index (χ4v) is 7.54. The summed E-state index contributed by atoms with van der Waals surface area (Å²) in [4.78, 5) is 4.32. The average molecular weight is 656 g/mol. The summed E-state index contributed by atoms with van der Waals surface area (Å²) in [6.45, 7) is 0. The lowest BCUT2D eigenvalue weighted by Crippen LogP contribution is -2.37. The van der Waals surface area contributed by atoms with Gasteiger partial charge in [0.15, 0.2) is 34.5 Å². The Hall–Kier alpha value is -6.11. The third-order valence-corrected chi connectivity index (χ3v) is 9.91. The maximum Gasteiger partial charge on any atom is 0.185 e. The fraction of sp³-hybridized carbons (Fsp3) is 0.108. The molecule has 0 aliphatic heterocycles. The summed E-state index contributed by atoms with van der Waals surface area (Å²) in [5.41, 5.74) is 4.62. The van der Waals surface area contributed by atoms with E-state index in [-0.39, 0.29) is 16.7 Å². The molecule has 0 saturated carbocycles. The number of hydrogen-bond donors (Lipinski definition) is 9. The van der Waals surface area contributed by atoms with Crippen LogP contribution in [0.2, 0.25) is 0 Å². The van der Waals surface area contributed by atoms with Gasteiger partial charge in [-0.3, -0.25) is 4.98 Å². The van der Waals surface area contributed by atoms with Gasteiger partial charge in [-0.15, -0.1) is 0 Å². The van der Waals surface area contributed by atoms with Crippen molar-refractivity contribution in [3.63, 3.8) is 0 Å². The Bertz CT molecular complexity index is 2410. The number of phenols is 4. The van der Waals surface area contributed by atoms with Crippen molar-refractivity contribution in [2.75, 3.05) is 0 Å². The zero-order valence-corrected chi connectivity index (χ0v) is 25.8. The Balaban J connectivity index is 1.39. The number of rotatable bonds is 3. The smallest absolute Gasteiger partial charge is 0.185 e. The highest BCUT2D eigenvalue weighted by atomic mass is 16.4. The van der Waals surface area contributed by atoms with E-state index < -0.39 is 64.3 Å². The molecule has 8 rings (SSSR count). The molecule has 3 aliphatic carbocycles. The summed E-state index contributed by atoms with van der Waals surface area (Å²) < 4.78 is 1.55. The van der Waals surface area contributed by atoms with Gasteiger partial charge < -0.3 is 50.5 Å². The van der Waals surface area contributed by atoms with Crippen LogP contribution in [0, 0.1) is 5.92 Å². The zero-order valence-electron chi connectivity index (χ0n) is 25.8. The van der Waals surface area contributed by atoms with Crippen LogP contribution >= 0.6 is 0 Å². The van der Waals surface area contributed by atoms with E-state index in [4.69, 9.17) is 0 Å². The van der Waals surface area contributed by atoms with Crippen LogP contribution in [0.5, 0.6) is 23.0 Å². The highest BCUT2D eigenvalue weighted by molar-refractivity contribution is 6.37. The van der Waals surface area contributed by atoms with Crippen LogP contribution in [0.15, 0.2) is 114 Å². The lowest BCUT2D eigenvalue weighted by Gasteiger charge is -2.39. The second kappa shape index (κ2) is 10.7. The fourth-order valence-electron chi connectivity index (χ4n) is 7.54. The lowest BCUT2D eigenvalue weighted by atomic mass is 9.65. The molecule has 5 aromatic rings. The maximum atomic E-state index is 11.1. The van der Waals surface area contributed by atoms with Crippen molar-refractivity contribution >= 4 is 40.7 Å². The Kier molecular flexibility index (Phi) is 6.61. The number of benzene rings is 3. The zero-order chi connectivity index (χ0) is 34.5. The molecule has 0 saturated heterocycles. The molecule has 0 amide bonds. The van der Waals surface area contributed by atoms with Gasteiger partial charge in [-0.2, -0.15) is 0 Å². The molecule has 244 valence electrons. The van der Waals surface area contributed by atoms with Gasteiger partial charge in [0, 0.05) is 46.0 Å². The van der Waals surface area contributed by atoms with Gasteiger partial charge in [0.2, 0.25) is 0 Å². The van der Waals surface area contributed by atoms with Gasteiger partial charge in [0.25, 0.3) is 0 Å². The number of aliphatic hydroxyl groups is 5. The number of aliphatic hydroxyl groups excluding tert-OH is 5. The highest BCUT2D eigenvalue weighted by Crippen LogP contribution is 2.54. The normalized spacial score (nSPS) is 21.9. The van der Waals surface area contributed by atoms with Gasteiger partial charge in [0.05, 0.1) is 11.0 Å². The van der Waals surface area contributed by atoms with E-state index in [0.29, 0.717) is 27.4 Å². The number of fused-ring (bicyclic) bond motifs is 5. The van der Waals surface area contributed by atoms with Crippen LogP contribution in [0.3, 0.4) is 0 Å². The molecule has 3 aliphatic rings. The van der Waals surface area contributed by atoms with Gasteiger partial charge >= 0.3 is 0 Å². The molecule has 12 heteroatoms. The molecule has 2 aromatic heterocycles. The monoisotopic (exact) mass is 656 g/mol. The standard InChI is InChI=1S/C37H29BN2O9/c38-27-31(43)33(45)28(34(46)32(27)44)40-22-10-9-15(13-20(22)21-14-39-12-11-23(21)40)24-16-5-1-3-7-18(16)25(19-8-4-2-6-17(19)24)26-29(41)35(47)37(49)36(48)30(26)42/h1-14,18,25,35,37,41-49H,38H2. The second-order valence-electron chi connectivity index (χ2n) is 12.4. The molecule has 11 nitrogen and oxygen atoms in total. The number of aromatic nitrogens is 2. The molecule has 0 bridgehead atoms. The number of pyridine rings is 1. The second-order valence-corrected chi connectivity index (χ2v) is 12.4. The van der Waals surface area contributed by atoms with Gasteiger partial charge in [-0.25, -0.2) is 0 Å². The quantitative estimate of drug-likeness (QED) is 0.0783. The summed E-state index contributed by atoms with van der Waals surface area (Å²) in [7, 11) is 1.37. The first-order valence-corrected chi connectivity index (χ1v) is 15.5. The van der Waals surface area contributed by atoms with Crippen molar-refractivity contribution in [2.24, 2.45) is 5.92 Å². The summed E-state index contributed by atoms with van der Waals surface area (Å²) >= 11 is 0. The maximum absolute atomic E-state index is 11.1. The molecular formula is C37H29BN2O9.